The Labute approximate surface area is 189 Å². The van der Waals surface area contributed by atoms with E-state index in [0.717, 1.165) is 70.2 Å². The van der Waals surface area contributed by atoms with Crippen LogP contribution in [-0.4, -0.2) is 53.2 Å². The molecule has 3 heteroatoms. The molecule has 0 radical (unpaired) electrons. The van der Waals surface area contributed by atoms with Crippen LogP contribution in [0.3, 0.4) is 0 Å². The maximum atomic E-state index is 3.35. The van der Waals surface area contributed by atoms with Crippen LogP contribution in [0.5, 0.6) is 0 Å². The van der Waals surface area contributed by atoms with Gasteiger partial charge in [0.2, 0.25) is 0 Å². The fraction of sp³-hybridized carbons (Fsp3) is 1.00. The van der Waals surface area contributed by atoms with Gasteiger partial charge in [-0.15, -0.1) is 0 Å². The second-order valence-electron chi connectivity index (χ2n) is 12.8. The Kier molecular flexibility index (Phi) is 4.85. The average Bonchev–Trinajstić information content (AvgIpc) is 2.78. The lowest BCUT2D eigenvalue weighted by molar-refractivity contribution is -0.925. The van der Waals surface area contributed by atoms with E-state index in [2.05, 4.69) is 30.6 Å². The third kappa shape index (κ3) is 2.70. The summed E-state index contributed by atoms with van der Waals surface area (Å²) in [4.78, 5) is 5.30. The number of likely N-dealkylation sites (tertiary alicyclic amines) is 1. The molecule has 0 spiro atoms. The smallest absolute Gasteiger partial charge is 0.0965 e. The molecule has 0 bridgehead atoms. The molecule has 13 unspecified atom stereocenters. The fourth-order valence-corrected chi connectivity index (χ4v) is 12.8. The highest BCUT2D eigenvalue weighted by Gasteiger charge is 2.66. The number of thioether (sulfide) groups is 1. The molecule has 7 aliphatic rings. The molecular formula is C27H45N2S+. The number of nitrogens with zero attached hydrogens (tertiary/aromatic N) is 1. The van der Waals surface area contributed by atoms with Crippen molar-refractivity contribution in [1.82, 2.24) is 4.90 Å². The van der Waals surface area contributed by atoms with Crippen molar-refractivity contribution in [3.8, 4) is 0 Å². The lowest BCUT2D eigenvalue weighted by Gasteiger charge is -2.69. The van der Waals surface area contributed by atoms with Crippen molar-refractivity contribution in [3.05, 3.63) is 0 Å². The molecule has 3 saturated heterocycles. The van der Waals surface area contributed by atoms with Gasteiger partial charge in [0.1, 0.15) is 0 Å². The molecule has 13 atom stereocenters. The fourth-order valence-electron chi connectivity index (χ4n) is 10.8. The van der Waals surface area contributed by atoms with Gasteiger partial charge in [-0.05, 0) is 68.6 Å². The van der Waals surface area contributed by atoms with Gasteiger partial charge in [-0.2, -0.15) is 11.8 Å². The molecule has 1 N–H and O–H groups in total. The largest absolute Gasteiger partial charge is 0.334 e. The molecule has 168 valence electrons. The van der Waals surface area contributed by atoms with Crippen LogP contribution in [0.4, 0.5) is 0 Å². The predicted octanol–water partition coefficient (Wildman–Crippen LogP) is 4.24. The zero-order valence-electron chi connectivity index (χ0n) is 19.5. The van der Waals surface area contributed by atoms with Crippen molar-refractivity contribution < 1.29 is 4.90 Å². The number of rotatable bonds is 0. The summed E-state index contributed by atoms with van der Waals surface area (Å²) in [6, 6.07) is 3.80. The first-order valence-electron chi connectivity index (χ1n) is 14.0. The van der Waals surface area contributed by atoms with Crippen molar-refractivity contribution >= 4 is 11.8 Å². The van der Waals surface area contributed by atoms with Gasteiger partial charge in [-0.1, -0.05) is 39.0 Å². The van der Waals surface area contributed by atoms with Crippen molar-refractivity contribution in [2.45, 2.75) is 119 Å². The summed E-state index contributed by atoms with van der Waals surface area (Å²) in [5.41, 5.74) is 0. The van der Waals surface area contributed by atoms with Gasteiger partial charge in [-0.25, -0.2) is 0 Å². The predicted molar refractivity (Wildman–Crippen MR) is 126 cm³/mol. The number of hydrogen-bond donors (Lipinski definition) is 1. The van der Waals surface area contributed by atoms with E-state index in [4.69, 9.17) is 0 Å². The summed E-state index contributed by atoms with van der Waals surface area (Å²) in [7, 11) is 2.61. The molecule has 7 fully saturated rings. The van der Waals surface area contributed by atoms with E-state index in [1.165, 1.54) is 51.5 Å². The Morgan fingerprint density at radius 3 is 2.53 bits per heavy atom. The van der Waals surface area contributed by atoms with E-state index in [9.17, 15) is 0 Å². The highest BCUT2D eigenvalue weighted by atomic mass is 32.2. The van der Waals surface area contributed by atoms with Crippen LogP contribution in [0, 0.1) is 35.5 Å². The van der Waals surface area contributed by atoms with E-state index < -0.39 is 0 Å². The number of piperidine rings is 2. The van der Waals surface area contributed by atoms with Crippen molar-refractivity contribution in [1.29, 1.82) is 0 Å². The molecule has 7 rings (SSSR count). The first-order valence-corrected chi connectivity index (χ1v) is 14.9. The molecule has 0 aromatic rings. The molecule has 3 aliphatic heterocycles. The highest BCUT2D eigenvalue weighted by Crippen LogP contribution is 2.60. The first-order chi connectivity index (χ1) is 14.7. The standard InChI is InChI=1S/C27H44N2S/c1-16-19-8-4-3-7-18(19)15-21-24(16)27-25-17(13-14-28(27)2)11-12-23-26(25)29(21)20-9-5-6-10-22(20)30-23/h16-27H,3-15H2,1-2H3/p+1. The maximum Gasteiger partial charge on any atom is 0.0965 e. The van der Waals surface area contributed by atoms with Crippen LogP contribution < -0.4 is 4.90 Å². The van der Waals surface area contributed by atoms with Crippen LogP contribution in [0.25, 0.3) is 0 Å². The van der Waals surface area contributed by atoms with Gasteiger partial charge in [0.05, 0.1) is 19.6 Å². The topological polar surface area (TPSA) is 7.68 Å². The van der Waals surface area contributed by atoms with Gasteiger partial charge in [0, 0.05) is 40.5 Å². The second kappa shape index (κ2) is 7.39. The van der Waals surface area contributed by atoms with Crippen LogP contribution >= 0.6 is 11.8 Å². The average molecular weight is 430 g/mol. The third-order valence-electron chi connectivity index (χ3n) is 11.8. The minimum absolute atomic E-state index is 0.936. The quantitative estimate of drug-likeness (QED) is 0.616. The molecule has 0 aromatic carbocycles. The molecule has 0 aromatic heterocycles. The molecule has 4 aliphatic carbocycles. The first kappa shape index (κ1) is 19.7. The third-order valence-corrected chi connectivity index (χ3v) is 13.6. The van der Waals surface area contributed by atoms with Gasteiger partial charge < -0.3 is 4.90 Å². The Bertz CT molecular complexity index is 667. The van der Waals surface area contributed by atoms with E-state index in [1.54, 1.807) is 32.1 Å². The normalized spacial score (nSPS) is 60.0. The zero-order chi connectivity index (χ0) is 20.0. The van der Waals surface area contributed by atoms with Crippen molar-refractivity contribution in [2.75, 3.05) is 13.6 Å². The molecule has 0 amide bonds. The van der Waals surface area contributed by atoms with Crippen LogP contribution in [0.1, 0.15) is 84.0 Å². The summed E-state index contributed by atoms with van der Waals surface area (Å²) >= 11 is 2.51. The van der Waals surface area contributed by atoms with E-state index in [-0.39, 0.29) is 0 Å². The lowest BCUT2D eigenvalue weighted by Crippen LogP contribution is -3.17. The van der Waals surface area contributed by atoms with E-state index in [0.29, 0.717) is 0 Å². The van der Waals surface area contributed by atoms with Gasteiger partial charge in [-0.3, -0.25) is 4.90 Å². The summed E-state index contributed by atoms with van der Waals surface area (Å²) in [5.74, 6) is 6.18. The summed E-state index contributed by atoms with van der Waals surface area (Å²) in [6.07, 6.45) is 18.5. The van der Waals surface area contributed by atoms with Gasteiger partial charge >= 0.3 is 0 Å². The minimum atomic E-state index is 0.936. The highest BCUT2D eigenvalue weighted by molar-refractivity contribution is 8.00. The number of fused-ring (bicyclic) bond motifs is 6. The van der Waals surface area contributed by atoms with Crippen LogP contribution in [0.15, 0.2) is 0 Å². The van der Waals surface area contributed by atoms with Gasteiger partial charge in [0.15, 0.2) is 0 Å². The van der Waals surface area contributed by atoms with Crippen LogP contribution in [0.2, 0.25) is 0 Å². The molecule has 2 nitrogen and oxygen atoms in total. The summed E-state index contributed by atoms with van der Waals surface area (Å²) < 4.78 is 0. The maximum absolute atomic E-state index is 3.35. The van der Waals surface area contributed by atoms with E-state index in [1.807, 2.05) is 4.90 Å². The van der Waals surface area contributed by atoms with Crippen molar-refractivity contribution in [2.24, 2.45) is 35.5 Å². The SMILES string of the molecule is CC1C2CCCCC2CC2C1C1C3C(CCC4SC5CCCCC5N2C43)CC[NH+]1C. The summed E-state index contributed by atoms with van der Waals surface area (Å²) in [5, 5.41) is 1.95. The van der Waals surface area contributed by atoms with Crippen molar-refractivity contribution in [3.63, 3.8) is 0 Å². The van der Waals surface area contributed by atoms with Gasteiger partial charge in [0.25, 0.3) is 0 Å². The Morgan fingerprint density at radius 1 is 0.767 bits per heavy atom. The van der Waals surface area contributed by atoms with Crippen LogP contribution in [-0.2, 0) is 0 Å². The molecular weight excluding hydrogens is 384 g/mol. The number of hydrogen-bond acceptors (Lipinski definition) is 2. The Morgan fingerprint density at radius 2 is 1.60 bits per heavy atom. The second-order valence-corrected chi connectivity index (χ2v) is 14.3. The number of quaternary nitrogens is 1. The minimum Gasteiger partial charge on any atom is -0.334 e. The molecule has 30 heavy (non-hydrogen) atoms. The lowest BCUT2D eigenvalue weighted by atomic mass is 9.51. The monoisotopic (exact) mass is 429 g/mol. The summed E-state index contributed by atoms with van der Waals surface area (Å²) in [6.45, 7) is 4.21. The molecule has 4 saturated carbocycles. The Balaban J connectivity index is 1.34. The van der Waals surface area contributed by atoms with E-state index >= 15 is 0 Å². The molecule has 3 heterocycles. The number of nitrogens with one attached hydrogen (secondary N) is 1. The Hall–Kier alpha value is 0.270. The zero-order valence-corrected chi connectivity index (χ0v) is 20.3.